The van der Waals surface area contributed by atoms with Gasteiger partial charge in [-0.05, 0) is 79.7 Å². The van der Waals surface area contributed by atoms with Crippen molar-refractivity contribution in [1.29, 1.82) is 0 Å². The number of nitrogens with zero attached hydrogens (tertiary/aromatic N) is 3. The number of likely N-dealkylation sites (tertiary alicyclic amines) is 1. The van der Waals surface area contributed by atoms with Crippen LogP contribution in [0, 0.1) is 17.8 Å². The van der Waals surface area contributed by atoms with Crippen molar-refractivity contribution in [3.8, 4) is 23.0 Å². The average molecular weight is 428 g/mol. The van der Waals surface area contributed by atoms with Crippen molar-refractivity contribution in [1.82, 2.24) is 14.9 Å². The summed E-state index contributed by atoms with van der Waals surface area (Å²) < 4.78 is 0. The highest BCUT2D eigenvalue weighted by Gasteiger charge is 2.13. The third-order valence-corrected chi connectivity index (χ3v) is 5.84. The monoisotopic (exact) mass is 427 g/mol. The molecule has 4 rings (SSSR count). The summed E-state index contributed by atoms with van der Waals surface area (Å²) in [6, 6.07) is 15.7. The zero-order chi connectivity index (χ0) is 21.5. The lowest BCUT2D eigenvalue weighted by atomic mass is 9.99. The van der Waals surface area contributed by atoms with E-state index in [0.29, 0.717) is 0 Å². The van der Waals surface area contributed by atoms with Gasteiger partial charge in [-0.2, -0.15) is 0 Å². The number of benzene rings is 1. The maximum absolute atomic E-state index is 5.95. The fourth-order valence-electron chi connectivity index (χ4n) is 3.56. The molecule has 3 heterocycles. The minimum Gasteiger partial charge on any atom is -0.300 e. The number of pyridine rings is 2. The van der Waals surface area contributed by atoms with E-state index >= 15 is 0 Å². The van der Waals surface area contributed by atoms with Crippen molar-refractivity contribution in [3.63, 3.8) is 0 Å². The van der Waals surface area contributed by atoms with Crippen LogP contribution in [0.2, 0.25) is 5.02 Å². The van der Waals surface area contributed by atoms with Crippen LogP contribution >= 0.6 is 11.6 Å². The van der Waals surface area contributed by atoms with E-state index in [-0.39, 0.29) is 0 Å². The Morgan fingerprint density at radius 3 is 2.39 bits per heavy atom. The first-order valence-electron chi connectivity index (χ1n) is 10.7. The normalized spacial score (nSPS) is 15.0. The molecule has 0 saturated carbocycles. The lowest BCUT2D eigenvalue weighted by Crippen LogP contribution is -2.32. The molecule has 0 N–H and O–H groups in total. The summed E-state index contributed by atoms with van der Waals surface area (Å²) in [4.78, 5) is 11.5. The lowest BCUT2D eigenvalue weighted by Gasteiger charge is -2.29. The fraction of sp³-hybridized carbons (Fsp3) is 0.259. The van der Waals surface area contributed by atoms with E-state index in [2.05, 4.69) is 45.8 Å². The lowest BCUT2D eigenvalue weighted by molar-refractivity contribution is 0.210. The van der Waals surface area contributed by atoms with Crippen molar-refractivity contribution in [3.05, 3.63) is 89.0 Å². The number of hydrogen-bond acceptors (Lipinski definition) is 3. The standard InChI is InChI=1S/C27H26ClN3/c1-21-14-17-31(18-15-21)16-2-3-26-11-4-22(19-29-26)5-12-27-13-8-24(20-30-27)23-6-9-25(28)10-7-23/h2-4,6-11,13,19-21H,14-18H2,1H3/b3-2+. The van der Waals surface area contributed by atoms with Crippen LogP contribution in [0.3, 0.4) is 0 Å². The molecule has 0 unspecified atom stereocenters. The third kappa shape index (κ3) is 6.28. The predicted octanol–water partition coefficient (Wildman–Crippen LogP) is 5.94. The molecule has 0 amide bonds. The van der Waals surface area contributed by atoms with Gasteiger partial charge in [0.05, 0.1) is 5.69 Å². The number of halogens is 1. The van der Waals surface area contributed by atoms with Crippen molar-refractivity contribution in [2.75, 3.05) is 19.6 Å². The van der Waals surface area contributed by atoms with E-state index in [1.54, 1.807) is 0 Å². The van der Waals surface area contributed by atoms with Crippen molar-refractivity contribution in [2.45, 2.75) is 19.8 Å². The van der Waals surface area contributed by atoms with Crippen LogP contribution in [0.4, 0.5) is 0 Å². The first kappa shape index (κ1) is 21.3. The Morgan fingerprint density at radius 1 is 0.935 bits per heavy atom. The first-order chi connectivity index (χ1) is 15.2. The number of hydrogen-bond donors (Lipinski definition) is 0. The van der Waals surface area contributed by atoms with E-state index in [4.69, 9.17) is 11.6 Å². The Kier molecular flexibility index (Phi) is 7.14. The molecule has 1 aliphatic rings. The molecule has 1 aromatic carbocycles. The molecule has 0 radical (unpaired) electrons. The van der Waals surface area contributed by atoms with E-state index in [1.165, 1.54) is 25.9 Å². The zero-order valence-corrected chi connectivity index (χ0v) is 18.5. The zero-order valence-electron chi connectivity index (χ0n) is 17.8. The molecule has 0 atom stereocenters. The van der Waals surface area contributed by atoms with Gasteiger partial charge in [-0.25, -0.2) is 4.98 Å². The fourth-order valence-corrected chi connectivity index (χ4v) is 3.69. The first-order valence-corrected chi connectivity index (χ1v) is 11.1. The van der Waals surface area contributed by atoms with Crippen molar-refractivity contribution >= 4 is 17.7 Å². The van der Waals surface area contributed by atoms with Gasteiger partial charge in [0.25, 0.3) is 0 Å². The Morgan fingerprint density at radius 2 is 1.71 bits per heavy atom. The molecule has 3 aromatic rings. The van der Waals surface area contributed by atoms with Crippen molar-refractivity contribution in [2.24, 2.45) is 5.92 Å². The van der Waals surface area contributed by atoms with Gasteiger partial charge in [-0.15, -0.1) is 0 Å². The second-order valence-corrected chi connectivity index (χ2v) is 8.48. The second kappa shape index (κ2) is 10.4. The largest absolute Gasteiger partial charge is 0.300 e. The van der Waals surface area contributed by atoms with E-state index in [9.17, 15) is 0 Å². The molecule has 31 heavy (non-hydrogen) atoms. The highest BCUT2D eigenvalue weighted by atomic mass is 35.5. The molecule has 0 spiro atoms. The van der Waals surface area contributed by atoms with Gasteiger partial charge in [0, 0.05) is 35.1 Å². The van der Waals surface area contributed by atoms with Crippen LogP contribution in [-0.4, -0.2) is 34.5 Å². The molecule has 1 aliphatic heterocycles. The smallest absolute Gasteiger partial charge is 0.113 e. The Hall–Kier alpha value is -2.93. The van der Waals surface area contributed by atoms with Gasteiger partial charge < -0.3 is 0 Å². The number of piperidine rings is 1. The second-order valence-electron chi connectivity index (χ2n) is 8.05. The van der Waals surface area contributed by atoms with Crippen LogP contribution in [0.5, 0.6) is 0 Å². The summed E-state index contributed by atoms with van der Waals surface area (Å²) in [5.41, 5.74) is 4.70. The quantitative estimate of drug-likeness (QED) is 0.482. The highest BCUT2D eigenvalue weighted by Crippen LogP contribution is 2.20. The number of rotatable bonds is 4. The van der Waals surface area contributed by atoms with Gasteiger partial charge in [0.2, 0.25) is 0 Å². The minimum absolute atomic E-state index is 0.728. The third-order valence-electron chi connectivity index (χ3n) is 5.59. The molecular weight excluding hydrogens is 402 g/mol. The van der Waals surface area contributed by atoms with Crippen molar-refractivity contribution < 1.29 is 0 Å². The summed E-state index contributed by atoms with van der Waals surface area (Å²) in [6.07, 6.45) is 10.6. The van der Waals surface area contributed by atoms with Crippen LogP contribution in [0.1, 0.15) is 36.7 Å². The van der Waals surface area contributed by atoms with Gasteiger partial charge in [-0.1, -0.05) is 48.7 Å². The minimum atomic E-state index is 0.728. The molecule has 1 fully saturated rings. The van der Waals surface area contributed by atoms with Gasteiger partial charge >= 0.3 is 0 Å². The Bertz CT molecular complexity index is 1070. The molecular formula is C27H26ClN3. The van der Waals surface area contributed by atoms with E-state index < -0.39 is 0 Å². The molecule has 3 nitrogen and oxygen atoms in total. The van der Waals surface area contributed by atoms with E-state index in [1.807, 2.05) is 60.9 Å². The summed E-state index contributed by atoms with van der Waals surface area (Å²) in [6.45, 7) is 5.73. The van der Waals surface area contributed by atoms with E-state index in [0.717, 1.165) is 45.6 Å². The molecule has 0 aliphatic carbocycles. The highest BCUT2D eigenvalue weighted by molar-refractivity contribution is 6.30. The van der Waals surface area contributed by atoms with Crippen LogP contribution in [0.15, 0.2) is 67.0 Å². The maximum atomic E-state index is 5.95. The summed E-state index contributed by atoms with van der Waals surface area (Å²) >= 11 is 5.95. The average Bonchev–Trinajstić information content (AvgIpc) is 2.81. The predicted molar refractivity (Wildman–Crippen MR) is 129 cm³/mol. The topological polar surface area (TPSA) is 29.0 Å². The van der Waals surface area contributed by atoms with Gasteiger partial charge in [-0.3, -0.25) is 9.88 Å². The Balaban J connectivity index is 1.33. The molecule has 2 aromatic heterocycles. The summed E-state index contributed by atoms with van der Waals surface area (Å²) in [7, 11) is 0. The SMILES string of the molecule is CC1CCN(C/C=C/c2ccc(C#Cc3ccc(-c4ccc(Cl)cc4)cn3)cn2)CC1. The number of aromatic nitrogens is 2. The van der Waals surface area contributed by atoms with Gasteiger partial charge in [0.15, 0.2) is 0 Å². The maximum Gasteiger partial charge on any atom is 0.113 e. The molecule has 4 heteroatoms. The molecule has 1 saturated heterocycles. The summed E-state index contributed by atoms with van der Waals surface area (Å²) in [5.74, 6) is 7.12. The molecule has 0 bridgehead atoms. The van der Waals surface area contributed by atoms with Crippen LogP contribution < -0.4 is 0 Å². The van der Waals surface area contributed by atoms with Gasteiger partial charge in [0.1, 0.15) is 5.69 Å². The summed E-state index contributed by atoms with van der Waals surface area (Å²) in [5, 5.41) is 0.728. The van der Waals surface area contributed by atoms with Crippen LogP contribution in [0.25, 0.3) is 17.2 Å². The molecule has 156 valence electrons. The Labute approximate surface area is 189 Å². The van der Waals surface area contributed by atoms with Crippen LogP contribution in [-0.2, 0) is 0 Å².